The Bertz CT molecular complexity index is 870. The minimum absolute atomic E-state index is 0.181. The molecule has 1 amide bonds. The highest BCUT2D eigenvalue weighted by Crippen LogP contribution is 2.17. The van der Waals surface area contributed by atoms with Crippen molar-refractivity contribution in [3.63, 3.8) is 0 Å². The maximum atomic E-state index is 12.5. The van der Waals surface area contributed by atoms with Crippen molar-refractivity contribution < 1.29 is 14.3 Å². The molecule has 27 heavy (non-hydrogen) atoms. The predicted octanol–water partition coefficient (Wildman–Crippen LogP) is 4.15. The number of ether oxygens (including phenoxy) is 1. The highest BCUT2D eigenvalue weighted by atomic mass is 35.5. The number of hydrogen-bond acceptors (Lipinski definition) is 4. The van der Waals surface area contributed by atoms with Crippen molar-refractivity contribution in [3.8, 4) is 6.07 Å². The first-order valence-corrected chi connectivity index (χ1v) is 8.72. The molecule has 2 aromatic rings. The number of anilines is 1. The van der Waals surface area contributed by atoms with Crippen LogP contribution in [0.3, 0.4) is 0 Å². The van der Waals surface area contributed by atoms with Crippen molar-refractivity contribution in [2.45, 2.75) is 13.3 Å². The summed E-state index contributed by atoms with van der Waals surface area (Å²) in [5.74, 6) is -1.04. The van der Waals surface area contributed by atoms with Crippen LogP contribution in [0.5, 0.6) is 0 Å². The molecular formula is C21H19ClN2O3. The van der Waals surface area contributed by atoms with E-state index in [0.29, 0.717) is 16.3 Å². The summed E-state index contributed by atoms with van der Waals surface area (Å²) in [6, 6.07) is 16.4. The molecule has 0 unspecified atom stereocenters. The topological polar surface area (TPSA) is 70.4 Å². The molecule has 0 aliphatic heterocycles. The quantitative estimate of drug-likeness (QED) is 0.532. The van der Waals surface area contributed by atoms with Gasteiger partial charge in [0.05, 0.1) is 12.5 Å². The van der Waals surface area contributed by atoms with Gasteiger partial charge in [-0.3, -0.25) is 4.79 Å². The van der Waals surface area contributed by atoms with Gasteiger partial charge in [-0.25, -0.2) is 4.79 Å². The number of esters is 1. The van der Waals surface area contributed by atoms with Crippen LogP contribution in [0, 0.1) is 18.3 Å². The Morgan fingerprint density at radius 3 is 2.56 bits per heavy atom. The summed E-state index contributed by atoms with van der Waals surface area (Å²) in [7, 11) is 0. The van der Waals surface area contributed by atoms with Gasteiger partial charge in [-0.15, -0.1) is 0 Å². The van der Waals surface area contributed by atoms with Gasteiger partial charge >= 0.3 is 5.97 Å². The molecule has 5 nitrogen and oxygen atoms in total. The number of aryl methyl sites for hydroxylation is 1. The average Bonchev–Trinajstić information content (AvgIpc) is 2.67. The van der Waals surface area contributed by atoms with Gasteiger partial charge in [-0.05, 0) is 36.8 Å². The lowest BCUT2D eigenvalue weighted by Gasteiger charge is -2.21. The molecule has 0 N–H and O–H groups in total. The fourth-order valence-corrected chi connectivity index (χ4v) is 2.51. The van der Waals surface area contributed by atoms with Crippen molar-refractivity contribution >= 4 is 35.2 Å². The molecule has 0 spiro atoms. The standard InChI is InChI=1S/C21H19ClN2O3/c1-16-7-10-18(11-8-16)24(14-4-13-23)20(25)15-27-21(26)12-9-17-5-2-3-6-19(17)22/h2-3,5-12H,4,14-15H2,1H3/b12-9+. The molecule has 0 aliphatic carbocycles. The number of amides is 1. The van der Waals surface area contributed by atoms with Gasteiger partial charge in [0.25, 0.3) is 5.91 Å². The van der Waals surface area contributed by atoms with Crippen LogP contribution in [-0.2, 0) is 14.3 Å². The second-order valence-electron chi connectivity index (χ2n) is 5.75. The number of nitriles is 1. The summed E-state index contributed by atoms with van der Waals surface area (Å²) in [6.07, 6.45) is 2.93. The Labute approximate surface area is 163 Å². The van der Waals surface area contributed by atoms with E-state index in [9.17, 15) is 9.59 Å². The van der Waals surface area contributed by atoms with E-state index >= 15 is 0 Å². The van der Waals surface area contributed by atoms with E-state index in [4.69, 9.17) is 21.6 Å². The third-order valence-corrected chi connectivity index (χ3v) is 4.08. The SMILES string of the molecule is Cc1ccc(N(CCC#N)C(=O)COC(=O)/C=C/c2ccccc2Cl)cc1. The summed E-state index contributed by atoms with van der Waals surface area (Å²) in [5.41, 5.74) is 2.39. The lowest BCUT2D eigenvalue weighted by molar-refractivity contribution is -0.142. The first kappa shape index (κ1) is 20.2. The van der Waals surface area contributed by atoms with Crippen molar-refractivity contribution in [3.05, 3.63) is 70.8 Å². The van der Waals surface area contributed by atoms with E-state index in [0.717, 1.165) is 5.56 Å². The van der Waals surface area contributed by atoms with E-state index in [-0.39, 0.29) is 13.0 Å². The molecule has 0 heterocycles. The zero-order chi connectivity index (χ0) is 19.6. The molecule has 2 aromatic carbocycles. The Balaban J connectivity index is 1.98. The molecule has 0 saturated heterocycles. The largest absolute Gasteiger partial charge is 0.452 e. The monoisotopic (exact) mass is 382 g/mol. The normalized spacial score (nSPS) is 10.4. The first-order valence-electron chi connectivity index (χ1n) is 8.34. The van der Waals surface area contributed by atoms with Crippen LogP contribution in [0.1, 0.15) is 17.5 Å². The number of rotatable bonds is 7. The minimum Gasteiger partial charge on any atom is -0.452 e. The minimum atomic E-state index is -0.646. The molecule has 0 aliphatic rings. The molecule has 0 atom stereocenters. The lowest BCUT2D eigenvalue weighted by atomic mass is 10.2. The zero-order valence-corrected chi connectivity index (χ0v) is 15.6. The fourth-order valence-electron chi connectivity index (χ4n) is 2.31. The Morgan fingerprint density at radius 1 is 1.19 bits per heavy atom. The fraction of sp³-hybridized carbons (Fsp3) is 0.190. The van der Waals surface area contributed by atoms with Crippen LogP contribution in [0.4, 0.5) is 5.69 Å². The average molecular weight is 383 g/mol. The van der Waals surface area contributed by atoms with Crippen LogP contribution in [0.2, 0.25) is 5.02 Å². The molecule has 0 radical (unpaired) electrons. The van der Waals surface area contributed by atoms with Gasteiger partial charge in [0.15, 0.2) is 6.61 Å². The Hall–Kier alpha value is -3.10. The molecule has 2 rings (SSSR count). The predicted molar refractivity (Wildman–Crippen MR) is 105 cm³/mol. The van der Waals surface area contributed by atoms with Crippen molar-refractivity contribution in [1.82, 2.24) is 0 Å². The molecule has 0 saturated carbocycles. The van der Waals surface area contributed by atoms with Gasteiger partial charge in [0, 0.05) is 23.3 Å². The van der Waals surface area contributed by atoms with Crippen LogP contribution in [0.15, 0.2) is 54.6 Å². The van der Waals surface area contributed by atoms with Crippen molar-refractivity contribution in [2.24, 2.45) is 0 Å². The lowest BCUT2D eigenvalue weighted by Crippen LogP contribution is -2.35. The first-order chi connectivity index (χ1) is 13.0. The van der Waals surface area contributed by atoms with E-state index in [1.165, 1.54) is 17.1 Å². The van der Waals surface area contributed by atoms with E-state index in [1.807, 2.05) is 25.1 Å². The van der Waals surface area contributed by atoms with Crippen LogP contribution >= 0.6 is 11.6 Å². The molecule has 6 heteroatoms. The summed E-state index contributed by atoms with van der Waals surface area (Å²) in [6.45, 7) is 1.76. The van der Waals surface area contributed by atoms with Crippen molar-refractivity contribution in [2.75, 3.05) is 18.1 Å². The van der Waals surface area contributed by atoms with Gasteiger partial charge in [0.1, 0.15) is 0 Å². The van der Waals surface area contributed by atoms with E-state index < -0.39 is 18.5 Å². The van der Waals surface area contributed by atoms with Crippen molar-refractivity contribution in [1.29, 1.82) is 5.26 Å². The number of carbonyl (C=O) groups is 2. The van der Waals surface area contributed by atoms with Gasteiger partial charge in [-0.2, -0.15) is 5.26 Å². The third-order valence-electron chi connectivity index (χ3n) is 3.74. The number of carbonyl (C=O) groups excluding carboxylic acids is 2. The maximum absolute atomic E-state index is 12.5. The summed E-state index contributed by atoms with van der Waals surface area (Å²) >= 11 is 6.01. The second-order valence-corrected chi connectivity index (χ2v) is 6.16. The molecule has 0 fully saturated rings. The molecule has 138 valence electrons. The van der Waals surface area contributed by atoms with E-state index in [1.54, 1.807) is 36.4 Å². The van der Waals surface area contributed by atoms with Gasteiger partial charge in [0.2, 0.25) is 0 Å². The maximum Gasteiger partial charge on any atom is 0.331 e. The van der Waals surface area contributed by atoms with Crippen LogP contribution in [0.25, 0.3) is 6.08 Å². The van der Waals surface area contributed by atoms with Crippen LogP contribution in [-0.4, -0.2) is 25.0 Å². The third kappa shape index (κ3) is 6.28. The second kappa shape index (κ2) is 10.1. The summed E-state index contributed by atoms with van der Waals surface area (Å²) in [5, 5.41) is 9.33. The number of nitrogens with zero attached hydrogens (tertiary/aromatic N) is 2. The van der Waals surface area contributed by atoms with Gasteiger partial charge in [-0.1, -0.05) is 47.5 Å². The highest BCUT2D eigenvalue weighted by Gasteiger charge is 2.17. The highest BCUT2D eigenvalue weighted by molar-refractivity contribution is 6.32. The molecule has 0 aromatic heterocycles. The number of hydrogen-bond donors (Lipinski definition) is 0. The Morgan fingerprint density at radius 2 is 1.89 bits per heavy atom. The number of halogens is 1. The summed E-state index contributed by atoms with van der Waals surface area (Å²) in [4.78, 5) is 25.8. The molecule has 0 bridgehead atoms. The smallest absolute Gasteiger partial charge is 0.331 e. The Kier molecular flexibility index (Phi) is 7.60. The van der Waals surface area contributed by atoms with Gasteiger partial charge < -0.3 is 9.64 Å². The number of benzene rings is 2. The molecular weight excluding hydrogens is 364 g/mol. The van der Waals surface area contributed by atoms with E-state index in [2.05, 4.69) is 0 Å². The van der Waals surface area contributed by atoms with Crippen LogP contribution < -0.4 is 4.90 Å². The summed E-state index contributed by atoms with van der Waals surface area (Å²) < 4.78 is 5.03. The zero-order valence-electron chi connectivity index (χ0n) is 14.9.